The molecule has 4 nitrogen and oxygen atoms in total. The Hall–Kier alpha value is -1.94. The second-order valence-corrected chi connectivity index (χ2v) is 4.67. The highest BCUT2D eigenvalue weighted by Crippen LogP contribution is 2.22. The molecule has 2 aromatic heterocycles. The number of ether oxygens (including phenoxy) is 1. The lowest BCUT2D eigenvalue weighted by atomic mass is 10.1. The summed E-state index contributed by atoms with van der Waals surface area (Å²) in [6.07, 6.45) is 4.49. The van der Waals surface area contributed by atoms with Gasteiger partial charge in [-0.2, -0.15) is 0 Å². The van der Waals surface area contributed by atoms with Gasteiger partial charge in [0.05, 0.1) is 18.1 Å². The molecule has 1 atom stereocenters. The molecule has 0 aromatic carbocycles. The fourth-order valence-corrected chi connectivity index (χ4v) is 2.01. The van der Waals surface area contributed by atoms with Gasteiger partial charge < -0.3 is 10.1 Å². The van der Waals surface area contributed by atoms with Crippen LogP contribution in [0.2, 0.25) is 0 Å². The Labute approximate surface area is 120 Å². The van der Waals surface area contributed by atoms with Gasteiger partial charge in [0.15, 0.2) is 0 Å². The van der Waals surface area contributed by atoms with Crippen LogP contribution in [0.25, 0.3) is 0 Å². The molecule has 1 N–H and O–H groups in total. The van der Waals surface area contributed by atoms with Crippen molar-refractivity contribution in [1.29, 1.82) is 0 Å². The Balaban J connectivity index is 2.06. The van der Waals surface area contributed by atoms with E-state index in [2.05, 4.69) is 29.1 Å². The quantitative estimate of drug-likeness (QED) is 0.871. The van der Waals surface area contributed by atoms with Crippen LogP contribution < -0.4 is 10.1 Å². The van der Waals surface area contributed by atoms with Gasteiger partial charge in [-0.25, -0.2) is 0 Å². The topological polar surface area (TPSA) is 47.0 Å². The van der Waals surface area contributed by atoms with Gasteiger partial charge in [-0.1, -0.05) is 13.8 Å². The average molecular weight is 271 g/mol. The average Bonchev–Trinajstić information content (AvgIpc) is 2.48. The van der Waals surface area contributed by atoms with Gasteiger partial charge in [-0.3, -0.25) is 9.97 Å². The lowest BCUT2D eigenvalue weighted by Gasteiger charge is -2.15. The van der Waals surface area contributed by atoms with Crippen LogP contribution in [0.4, 0.5) is 0 Å². The molecule has 1 unspecified atom stereocenters. The predicted octanol–water partition coefficient (Wildman–Crippen LogP) is 3.64. The van der Waals surface area contributed by atoms with Crippen LogP contribution in [0.5, 0.6) is 11.5 Å². The summed E-state index contributed by atoms with van der Waals surface area (Å²) in [5.74, 6) is 1.45. The maximum Gasteiger partial charge on any atom is 0.145 e. The Morgan fingerprint density at radius 2 is 1.75 bits per heavy atom. The minimum atomic E-state index is 0.301. The van der Waals surface area contributed by atoms with Crippen molar-refractivity contribution >= 4 is 0 Å². The van der Waals surface area contributed by atoms with Gasteiger partial charge in [0, 0.05) is 11.7 Å². The normalized spacial score (nSPS) is 12.2. The number of aromatic nitrogens is 2. The van der Waals surface area contributed by atoms with E-state index in [0.717, 1.165) is 35.9 Å². The number of hydrogen-bond acceptors (Lipinski definition) is 4. The summed E-state index contributed by atoms with van der Waals surface area (Å²) >= 11 is 0. The summed E-state index contributed by atoms with van der Waals surface area (Å²) < 4.78 is 5.72. The number of nitrogens with one attached hydrogen (secondary N) is 1. The molecule has 0 aliphatic carbocycles. The minimum absolute atomic E-state index is 0.301. The van der Waals surface area contributed by atoms with E-state index in [1.165, 1.54) is 0 Å². The van der Waals surface area contributed by atoms with E-state index in [1.54, 1.807) is 12.4 Å². The van der Waals surface area contributed by atoms with Crippen LogP contribution in [-0.4, -0.2) is 16.5 Å². The van der Waals surface area contributed by atoms with Crippen LogP contribution in [0, 0.1) is 6.92 Å². The van der Waals surface area contributed by atoms with E-state index in [1.807, 2.05) is 31.2 Å². The summed E-state index contributed by atoms with van der Waals surface area (Å²) in [4.78, 5) is 8.68. The highest BCUT2D eigenvalue weighted by Gasteiger charge is 2.09. The molecule has 0 saturated heterocycles. The van der Waals surface area contributed by atoms with Crippen molar-refractivity contribution < 1.29 is 4.74 Å². The van der Waals surface area contributed by atoms with E-state index < -0.39 is 0 Å². The predicted molar refractivity (Wildman–Crippen MR) is 80.0 cm³/mol. The van der Waals surface area contributed by atoms with Crippen LogP contribution in [0.3, 0.4) is 0 Å². The van der Waals surface area contributed by atoms with Gasteiger partial charge in [0.1, 0.15) is 11.5 Å². The Morgan fingerprint density at radius 1 is 1.05 bits per heavy atom. The molecule has 0 aliphatic heterocycles. The lowest BCUT2D eigenvalue weighted by molar-refractivity contribution is 0.473. The third-order valence-electron chi connectivity index (χ3n) is 3.09. The Morgan fingerprint density at radius 3 is 2.25 bits per heavy atom. The number of hydrogen-bond donors (Lipinski definition) is 1. The largest absolute Gasteiger partial charge is 0.454 e. The van der Waals surface area contributed by atoms with E-state index in [9.17, 15) is 0 Å². The van der Waals surface area contributed by atoms with Gasteiger partial charge >= 0.3 is 0 Å². The molecule has 20 heavy (non-hydrogen) atoms. The summed E-state index contributed by atoms with van der Waals surface area (Å²) in [6.45, 7) is 7.14. The molecule has 0 fully saturated rings. The molecule has 0 spiro atoms. The zero-order valence-electron chi connectivity index (χ0n) is 12.3. The van der Waals surface area contributed by atoms with E-state index >= 15 is 0 Å². The highest BCUT2D eigenvalue weighted by atomic mass is 16.5. The Bertz CT molecular complexity index is 522. The zero-order valence-corrected chi connectivity index (χ0v) is 12.3. The van der Waals surface area contributed by atoms with E-state index in [0.29, 0.717) is 6.04 Å². The van der Waals surface area contributed by atoms with Crippen molar-refractivity contribution in [3.8, 4) is 11.5 Å². The van der Waals surface area contributed by atoms with E-state index in [-0.39, 0.29) is 0 Å². The van der Waals surface area contributed by atoms with E-state index in [4.69, 9.17) is 4.74 Å². The zero-order chi connectivity index (χ0) is 14.4. The van der Waals surface area contributed by atoms with Crippen LogP contribution in [0.15, 0.2) is 36.7 Å². The first-order chi connectivity index (χ1) is 9.72. The van der Waals surface area contributed by atoms with Crippen molar-refractivity contribution in [2.75, 3.05) is 6.54 Å². The standard InChI is InChI=1S/C16H21N3O/c1-4-15(17-5-2)16-9-8-14(11-19-16)20-13-7-6-12(3)18-10-13/h6-11,15,17H,4-5H2,1-3H3. The summed E-state index contributed by atoms with van der Waals surface area (Å²) in [5.41, 5.74) is 2.02. The summed E-state index contributed by atoms with van der Waals surface area (Å²) in [6, 6.07) is 8.09. The van der Waals surface area contributed by atoms with Crippen LogP contribution >= 0.6 is 0 Å². The summed E-state index contributed by atoms with van der Waals surface area (Å²) in [5, 5.41) is 3.41. The monoisotopic (exact) mass is 271 g/mol. The Kier molecular flexibility index (Phi) is 5.07. The number of pyridine rings is 2. The van der Waals surface area contributed by atoms with Crippen molar-refractivity contribution in [1.82, 2.24) is 15.3 Å². The molecule has 2 rings (SSSR count). The smallest absolute Gasteiger partial charge is 0.145 e. The number of aryl methyl sites for hydroxylation is 1. The molecule has 0 bridgehead atoms. The minimum Gasteiger partial charge on any atom is -0.454 e. The van der Waals surface area contributed by atoms with Crippen molar-refractivity contribution in [3.05, 3.63) is 48.0 Å². The van der Waals surface area contributed by atoms with Crippen molar-refractivity contribution in [2.24, 2.45) is 0 Å². The van der Waals surface area contributed by atoms with Gasteiger partial charge in [-0.15, -0.1) is 0 Å². The first-order valence-corrected chi connectivity index (χ1v) is 7.02. The maximum atomic E-state index is 5.72. The third kappa shape index (κ3) is 3.78. The molecular formula is C16H21N3O. The van der Waals surface area contributed by atoms with Gasteiger partial charge in [0.2, 0.25) is 0 Å². The van der Waals surface area contributed by atoms with Crippen LogP contribution in [-0.2, 0) is 0 Å². The highest BCUT2D eigenvalue weighted by molar-refractivity contribution is 5.29. The molecule has 2 heterocycles. The molecule has 2 aromatic rings. The first kappa shape index (κ1) is 14.5. The van der Waals surface area contributed by atoms with Crippen molar-refractivity contribution in [2.45, 2.75) is 33.2 Å². The van der Waals surface area contributed by atoms with Crippen LogP contribution in [0.1, 0.15) is 37.7 Å². The molecule has 0 aliphatic rings. The number of nitrogens with zero attached hydrogens (tertiary/aromatic N) is 2. The number of rotatable bonds is 6. The molecule has 4 heteroatoms. The second-order valence-electron chi connectivity index (χ2n) is 4.67. The molecule has 106 valence electrons. The lowest BCUT2D eigenvalue weighted by Crippen LogP contribution is -2.20. The van der Waals surface area contributed by atoms with Gasteiger partial charge in [0.25, 0.3) is 0 Å². The fourth-order valence-electron chi connectivity index (χ4n) is 2.01. The third-order valence-corrected chi connectivity index (χ3v) is 3.09. The molecule has 0 saturated carbocycles. The first-order valence-electron chi connectivity index (χ1n) is 7.02. The maximum absolute atomic E-state index is 5.72. The molecule has 0 amide bonds. The van der Waals surface area contributed by atoms with Gasteiger partial charge in [-0.05, 0) is 44.2 Å². The SMILES string of the molecule is CCNC(CC)c1ccc(Oc2ccc(C)nc2)cn1. The molecule has 0 radical (unpaired) electrons. The van der Waals surface area contributed by atoms with Crippen molar-refractivity contribution in [3.63, 3.8) is 0 Å². The second kappa shape index (κ2) is 7.01. The molecular weight excluding hydrogens is 250 g/mol. The fraction of sp³-hybridized carbons (Fsp3) is 0.375. The summed E-state index contributed by atoms with van der Waals surface area (Å²) in [7, 11) is 0.